The molecule has 8 nitrogen and oxygen atoms in total. The molecular formula is C23H22ClN3O5S. The summed E-state index contributed by atoms with van der Waals surface area (Å²) in [6.07, 6.45) is 0. The van der Waals surface area contributed by atoms with Crippen LogP contribution in [0.15, 0.2) is 71.6 Å². The average Bonchev–Trinajstić information content (AvgIpc) is 2.76. The first-order valence-corrected chi connectivity index (χ1v) is 11.8. The first-order chi connectivity index (χ1) is 15.6. The number of amides is 1. The van der Waals surface area contributed by atoms with Crippen LogP contribution < -0.4 is 5.32 Å². The summed E-state index contributed by atoms with van der Waals surface area (Å²) in [5, 5.41) is 14.1. The number of nitrogens with zero attached hydrogens (tertiary/aromatic N) is 2. The van der Waals surface area contributed by atoms with Gasteiger partial charge in [-0.05, 0) is 43.7 Å². The second-order valence-electron chi connectivity index (χ2n) is 7.43. The molecule has 10 heteroatoms. The van der Waals surface area contributed by atoms with Crippen molar-refractivity contribution in [2.75, 3.05) is 11.9 Å². The molecule has 0 saturated heterocycles. The van der Waals surface area contributed by atoms with Gasteiger partial charge in [-0.2, -0.15) is 4.31 Å². The molecule has 0 aromatic heterocycles. The highest BCUT2D eigenvalue weighted by molar-refractivity contribution is 7.89. The highest BCUT2D eigenvalue weighted by Gasteiger charge is 2.28. The molecule has 1 N–H and O–H groups in total. The maximum Gasteiger partial charge on any atom is 0.274 e. The van der Waals surface area contributed by atoms with Crippen molar-refractivity contribution in [1.29, 1.82) is 0 Å². The van der Waals surface area contributed by atoms with Crippen molar-refractivity contribution in [3.05, 3.63) is 98.6 Å². The van der Waals surface area contributed by atoms with Crippen LogP contribution in [0.2, 0.25) is 5.02 Å². The van der Waals surface area contributed by atoms with E-state index in [-0.39, 0.29) is 28.4 Å². The van der Waals surface area contributed by atoms with Crippen LogP contribution in [0, 0.1) is 24.0 Å². The lowest BCUT2D eigenvalue weighted by Gasteiger charge is -2.23. The fourth-order valence-electron chi connectivity index (χ4n) is 3.21. The number of nitro groups is 1. The Kier molecular flexibility index (Phi) is 7.47. The third-order valence-corrected chi connectivity index (χ3v) is 7.23. The van der Waals surface area contributed by atoms with E-state index in [1.54, 1.807) is 36.4 Å². The number of nitro benzene ring substituents is 1. The Labute approximate surface area is 197 Å². The Morgan fingerprint density at radius 3 is 2.33 bits per heavy atom. The molecule has 0 aliphatic rings. The number of sulfonamides is 1. The number of halogens is 1. The van der Waals surface area contributed by atoms with Crippen LogP contribution in [-0.2, 0) is 21.4 Å². The molecule has 3 aromatic carbocycles. The van der Waals surface area contributed by atoms with Gasteiger partial charge in [-0.1, -0.05) is 53.6 Å². The van der Waals surface area contributed by atoms with E-state index < -0.39 is 27.4 Å². The van der Waals surface area contributed by atoms with Crippen molar-refractivity contribution in [3.63, 3.8) is 0 Å². The van der Waals surface area contributed by atoms with Gasteiger partial charge in [0.05, 0.1) is 27.6 Å². The highest BCUT2D eigenvalue weighted by atomic mass is 35.5. The van der Waals surface area contributed by atoms with Crippen molar-refractivity contribution in [1.82, 2.24) is 4.31 Å². The lowest BCUT2D eigenvalue weighted by molar-refractivity contribution is -0.385. The monoisotopic (exact) mass is 487 g/mol. The van der Waals surface area contributed by atoms with Gasteiger partial charge in [-0.25, -0.2) is 8.42 Å². The fraction of sp³-hybridized carbons (Fsp3) is 0.174. The molecule has 0 aliphatic carbocycles. The van der Waals surface area contributed by atoms with E-state index in [9.17, 15) is 23.3 Å². The van der Waals surface area contributed by atoms with E-state index in [1.807, 2.05) is 6.92 Å². The quantitative estimate of drug-likeness (QED) is 0.366. The molecule has 0 unspecified atom stereocenters. The van der Waals surface area contributed by atoms with Gasteiger partial charge < -0.3 is 5.32 Å². The molecule has 3 rings (SSSR count). The molecule has 33 heavy (non-hydrogen) atoms. The van der Waals surface area contributed by atoms with Gasteiger partial charge in [-0.15, -0.1) is 0 Å². The zero-order valence-corrected chi connectivity index (χ0v) is 19.6. The number of carbonyl (C=O) groups excluding carboxylic acids is 1. The van der Waals surface area contributed by atoms with Crippen LogP contribution >= 0.6 is 11.6 Å². The first kappa shape index (κ1) is 24.4. The summed E-state index contributed by atoms with van der Waals surface area (Å²) >= 11 is 6.23. The number of hydrogen-bond donors (Lipinski definition) is 1. The standard InChI is InChI=1S/C23H22ClN3O5S/c1-16-10-12-19(13-11-16)33(31,32)26(14-18-6-3-4-7-20(18)24)15-23(28)25-21-8-5-9-22(17(21)2)27(29)30/h3-13H,14-15H2,1-2H3,(H,25,28). The van der Waals surface area contributed by atoms with Gasteiger partial charge in [0.15, 0.2) is 0 Å². The number of anilines is 1. The van der Waals surface area contributed by atoms with Crippen LogP contribution in [-0.4, -0.2) is 30.1 Å². The Balaban J connectivity index is 1.92. The van der Waals surface area contributed by atoms with Gasteiger partial charge in [0.25, 0.3) is 5.69 Å². The van der Waals surface area contributed by atoms with Crippen molar-refractivity contribution < 1.29 is 18.1 Å². The Bertz CT molecular complexity index is 1290. The minimum atomic E-state index is -4.05. The van der Waals surface area contributed by atoms with Gasteiger partial charge in [0.1, 0.15) is 0 Å². The van der Waals surface area contributed by atoms with E-state index in [0.717, 1.165) is 9.87 Å². The zero-order valence-electron chi connectivity index (χ0n) is 18.0. The van der Waals surface area contributed by atoms with Crippen LogP contribution in [0.1, 0.15) is 16.7 Å². The number of rotatable bonds is 8. The summed E-state index contributed by atoms with van der Waals surface area (Å²) in [7, 11) is -4.05. The van der Waals surface area contributed by atoms with E-state index in [4.69, 9.17) is 11.6 Å². The molecule has 0 bridgehead atoms. The predicted octanol–water partition coefficient (Wildman–Crippen LogP) is 4.69. The first-order valence-electron chi connectivity index (χ1n) is 9.93. The normalized spacial score (nSPS) is 11.4. The van der Waals surface area contributed by atoms with Crippen molar-refractivity contribution >= 4 is 38.9 Å². The van der Waals surface area contributed by atoms with Crippen LogP contribution in [0.4, 0.5) is 11.4 Å². The van der Waals surface area contributed by atoms with Crippen LogP contribution in [0.25, 0.3) is 0 Å². The SMILES string of the molecule is Cc1ccc(S(=O)(=O)N(CC(=O)Nc2cccc([N+](=O)[O-])c2C)Cc2ccccc2Cl)cc1. The van der Waals surface area contributed by atoms with Gasteiger partial charge >= 0.3 is 0 Å². The van der Waals surface area contributed by atoms with Crippen LogP contribution in [0.5, 0.6) is 0 Å². The number of benzene rings is 3. The third kappa shape index (κ3) is 5.75. The maximum atomic E-state index is 13.4. The Morgan fingerprint density at radius 2 is 1.70 bits per heavy atom. The summed E-state index contributed by atoms with van der Waals surface area (Å²) in [5.74, 6) is -0.638. The number of hydrogen-bond acceptors (Lipinski definition) is 5. The van der Waals surface area contributed by atoms with Crippen LogP contribution in [0.3, 0.4) is 0 Å². The molecule has 0 saturated carbocycles. The van der Waals surface area contributed by atoms with Gasteiger partial charge in [-0.3, -0.25) is 14.9 Å². The smallest absolute Gasteiger partial charge is 0.274 e. The highest BCUT2D eigenvalue weighted by Crippen LogP contribution is 2.26. The molecular weight excluding hydrogens is 466 g/mol. The number of nitrogens with one attached hydrogen (secondary N) is 1. The summed E-state index contributed by atoms with van der Waals surface area (Å²) in [6, 6.07) is 17.4. The molecule has 0 aliphatic heterocycles. The van der Waals surface area contributed by atoms with Crippen molar-refractivity contribution in [2.24, 2.45) is 0 Å². The van der Waals surface area contributed by atoms with E-state index in [1.165, 1.54) is 37.3 Å². The molecule has 3 aromatic rings. The molecule has 0 atom stereocenters. The zero-order chi connectivity index (χ0) is 24.2. The molecule has 0 radical (unpaired) electrons. The Hall–Kier alpha value is -3.27. The summed E-state index contributed by atoms with van der Waals surface area (Å²) in [5.41, 5.74) is 1.79. The fourth-order valence-corrected chi connectivity index (χ4v) is 4.78. The topological polar surface area (TPSA) is 110 Å². The van der Waals surface area contributed by atoms with E-state index >= 15 is 0 Å². The lowest BCUT2D eigenvalue weighted by Crippen LogP contribution is -2.37. The predicted molar refractivity (Wildman–Crippen MR) is 127 cm³/mol. The van der Waals surface area contributed by atoms with Crippen molar-refractivity contribution in [3.8, 4) is 0 Å². The molecule has 0 heterocycles. The van der Waals surface area contributed by atoms with Gasteiger partial charge in [0.2, 0.25) is 15.9 Å². The third-order valence-electron chi connectivity index (χ3n) is 5.06. The lowest BCUT2D eigenvalue weighted by atomic mass is 10.1. The molecule has 0 spiro atoms. The molecule has 0 fully saturated rings. The summed E-state index contributed by atoms with van der Waals surface area (Å²) < 4.78 is 27.8. The molecule has 1 amide bonds. The summed E-state index contributed by atoms with van der Waals surface area (Å²) in [4.78, 5) is 23.5. The van der Waals surface area contributed by atoms with Crippen molar-refractivity contribution in [2.45, 2.75) is 25.3 Å². The second kappa shape index (κ2) is 10.1. The maximum absolute atomic E-state index is 13.4. The molecule has 172 valence electrons. The second-order valence-corrected chi connectivity index (χ2v) is 9.78. The van der Waals surface area contributed by atoms with E-state index in [2.05, 4.69) is 5.32 Å². The van der Waals surface area contributed by atoms with Gasteiger partial charge in [0, 0.05) is 17.6 Å². The minimum absolute atomic E-state index is 0.0412. The number of aryl methyl sites for hydroxylation is 1. The Morgan fingerprint density at radius 1 is 1.03 bits per heavy atom. The summed E-state index contributed by atoms with van der Waals surface area (Å²) in [6.45, 7) is 2.71. The average molecular weight is 488 g/mol. The largest absolute Gasteiger partial charge is 0.324 e. The van der Waals surface area contributed by atoms with E-state index in [0.29, 0.717) is 10.6 Å². The number of carbonyl (C=O) groups is 1. The minimum Gasteiger partial charge on any atom is -0.324 e.